The highest BCUT2D eigenvalue weighted by Crippen LogP contribution is 2.41. The Balaban J connectivity index is 1.73. The van der Waals surface area contributed by atoms with Gasteiger partial charge in [-0.15, -0.1) is 0 Å². The largest absolute Gasteiger partial charge is 0.493 e. The van der Waals surface area contributed by atoms with E-state index in [0.29, 0.717) is 56.0 Å². The summed E-state index contributed by atoms with van der Waals surface area (Å²) in [5, 5.41) is 10.3. The van der Waals surface area contributed by atoms with Gasteiger partial charge in [0.05, 0.1) is 13.2 Å². The lowest BCUT2D eigenvalue weighted by Gasteiger charge is -2.39. The summed E-state index contributed by atoms with van der Waals surface area (Å²) in [4.78, 5) is 24.7. The van der Waals surface area contributed by atoms with Gasteiger partial charge in [-0.25, -0.2) is 9.59 Å². The van der Waals surface area contributed by atoms with Gasteiger partial charge in [-0.05, 0) is 164 Å². The standard InChI is InChI=1S/C56H84O7Si2/c1-16-18-19-21-41-31-44-23-24-45(34-48(44)32-41)46-25-26-51(43(17-2)33-46)49-35-47(22-20-28-61-54(59)39(3)4)52(50(36-49)30-40(5)53(57)58)60-29-27-42(37-62-64(12,13)55(6,7)8)38-63-65(14,15)56(9,10)11/h23-26,30,33-36,41-42H,3,16-22,27-29,31-32,37-38H2,1-2,4-15H3,(H,57,58). The Morgan fingerprint density at radius 3 is 1.97 bits per heavy atom. The first-order valence-electron chi connectivity index (χ1n) is 24.4. The van der Waals surface area contributed by atoms with Crippen molar-refractivity contribution in [3.63, 3.8) is 0 Å². The van der Waals surface area contributed by atoms with E-state index in [1.807, 2.05) is 0 Å². The van der Waals surface area contributed by atoms with Crippen molar-refractivity contribution in [2.24, 2.45) is 11.8 Å². The summed E-state index contributed by atoms with van der Waals surface area (Å²) in [5.74, 6) is 0.100. The Morgan fingerprint density at radius 1 is 0.785 bits per heavy atom. The molecule has 1 aliphatic rings. The minimum Gasteiger partial charge on any atom is -0.493 e. The number of fused-ring (bicyclic) bond motifs is 1. The maximum atomic E-state index is 12.4. The van der Waals surface area contributed by atoms with Crippen LogP contribution in [0.15, 0.2) is 66.3 Å². The van der Waals surface area contributed by atoms with Crippen molar-refractivity contribution >= 4 is 34.6 Å². The predicted molar refractivity (Wildman–Crippen MR) is 277 cm³/mol. The quantitative estimate of drug-likeness (QED) is 0.0414. The Morgan fingerprint density at radius 2 is 1.38 bits per heavy atom. The number of esters is 1. The number of unbranched alkanes of at least 4 members (excludes halogenated alkanes) is 2. The van der Waals surface area contributed by atoms with Crippen LogP contribution < -0.4 is 4.74 Å². The molecule has 0 fully saturated rings. The third-order valence-electron chi connectivity index (χ3n) is 14.4. The number of aryl methyl sites for hydroxylation is 2. The summed E-state index contributed by atoms with van der Waals surface area (Å²) in [6.45, 7) is 36.0. The summed E-state index contributed by atoms with van der Waals surface area (Å²) in [6.07, 6.45) is 11.9. The summed E-state index contributed by atoms with van der Waals surface area (Å²) in [5.41, 5.74) is 11.0. The molecule has 0 spiro atoms. The van der Waals surface area contributed by atoms with Crippen molar-refractivity contribution in [1.82, 2.24) is 0 Å². The number of benzene rings is 3. The van der Waals surface area contributed by atoms with Crippen LogP contribution in [-0.4, -0.2) is 60.1 Å². The van der Waals surface area contributed by atoms with E-state index in [2.05, 4.69) is 137 Å². The Labute approximate surface area is 396 Å². The molecule has 1 unspecified atom stereocenters. The average Bonchev–Trinajstić information content (AvgIpc) is 3.64. The lowest BCUT2D eigenvalue weighted by atomic mass is 9.90. The third-order valence-corrected chi connectivity index (χ3v) is 23.4. The van der Waals surface area contributed by atoms with Gasteiger partial charge in [-0.2, -0.15) is 0 Å². The highest BCUT2D eigenvalue weighted by molar-refractivity contribution is 6.74. The van der Waals surface area contributed by atoms with Gasteiger partial charge in [0, 0.05) is 35.8 Å². The van der Waals surface area contributed by atoms with Crippen LogP contribution in [0.2, 0.25) is 36.3 Å². The van der Waals surface area contributed by atoms with E-state index in [1.54, 1.807) is 19.9 Å². The second-order valence-electron chi connectivity index (χ2n) is 21.8. The number of carboxylic acid groups (broad SMARTS) is 1. The molecule has 0 aromatic heterocycles. The number of rotatable bonds is 24. The lowest BCUT2D eigenvalue weighted by Crippen LogP contribution is -2.44. The van der Waals surface area contributed by atoms with Gasteiger partial charge in [0.25, 0.3) is 0 Å². The number of aliphatic carboxylic acids is 1. The molecule has 0 saturated carbocycles. The Hall–Kier alpha value is -3.77. The molecule has 0 heterocycles. The molecule has 7 nitrogen and oxygen atoms in total. The van der Waals surface area contributed by atoms with Crippen LogP contribution in [0.4, 0.5) is 0 Å². The van der Waals surface area contributed by atoms with Crippen molar-refractivity contribution in [2.75, 3.05) is 26.4 Å². The van der Waals surface area contributed by atoms with Crippen LogP contribution in [0.25, 0.3) is 28.3 Å². The maximum Gasteiger partial charge on any atom is 0.333 e. The molecular formula is C56H84O7Si2. The first-order chi connectivity index (χ1) is 30.4. The zero-order valence-corrected chi connectivity index (χ0v) is 44.9. The molecule has 3 aromatic carbocycles. The van der Waals surface area contributed by atoms with Crippen LogP contribution in [0.5, 0.6) is 5.75 Å². The van der Waals surface area contributed by atoms with E-state index >= 15 is 0 Å². The van der Waals surface area contributed by atoms with Crippen LogP contribution in [0, 0.1) is 11.8 Å². The first kappa shape index (κ1) is 53.8. The van der Waals surface area contributed by atoms with Gasteiger partial charge in [-0.3, -0.25) is 0 Å². The Kier molecular flexibility index (Phi) is 19.3. The minimum absolute atomic E-state index is 0.0733. The first-order valence-corrected chi connectivity index (χ1v) is 30.3. The van der Waals surface area contributed by atoms with Gasteiger partial charge >= 0.3 is 11.9 Å². The lowest BCUT2D eigenvalue weighted by molar-refractivity contribution is -0.139. The van der Waals surface area contributed by atoms with Crippen LogP contribution in [0.1, 0.15) is 136 Å². The van der Waals surface area contributed by atoms with Crippen molar-refractivity contribution in [1.29, 1.82) is 0 Å². The van der Waals surface area contributed by atoms with E-state index in [1.165, 1.54) is 59.9 Å². The molecule has 0 bridgehead atoms. The summed E-state index contributed by atoms with van der Waals surface area (Å²) >= 11 is 0. The molecule has 3 aromatic rings. The topological polar surface area (TPSA) is 91.3 Å². The second-order valence-corrected chi connectivity index (χ2v) is 31.4. The number of carbonyl (C=O) groups excluding carboxylic acids is 1. The Bertz CT molecular complexity index is 2100. The third kappa shape index (κ3) is 15.1. The highest BCUT2D eigenvalue weighted by Gasteiger charge is 2.40. The molecule has 0 saturated heterocycles. The maximum absolute atomic E-state index is 12.4. The van der Waals surface area contributed by atoms with Crippen LogP contribution in [-0.2, 0) is 48.9 Å². The summed E-state index contributed by atoms with van der Waals surface area (Å²) < 4.78 is 26.0. The second kappa shape index (κ2) is 23.3. The molecular weight excluding hydrogens is 841 g/mol. The van der Waals surface area contributed by atoms with Crippen molar-refractivity contribution < 1.29 is 33.0 Å². The van der Waals surface area contributed by atoms with E-state index in [0.717, 1.165) is 35.4 Å². The molecule has 9 heteroatoms. The van der Waals surface area contributed by atoms with Gasteiger partial charge in [0.2, 0.25) is 0 Å². The fourth-order valence-corrected chi connectivity index (χ4v) is 10.1. The number of ether oxygens (including phenoxy) is 2. The molecule has 0 amide bonds. The van der Waals surface area contributed by atoms with Crippen molar-refractivity contribution in [2.45, 2.75) is 170 Å². The normalized spacial score (nSPS) is 14.8. The zero-order chi connectivity index (χ0) is 48.3. The average molecular weight is 925 g/mol. The number of hydrogen-bond donors (Lipinski definition) is 1. The number of carbonyl (C=O) groups is 2. The number of hydrogen-bond acceptors (Lipinski definition) is 6. The van der Waals surface area contributed by atoms with E-state index in [4.69, 9.17) is 18.3 Å². The van der Waals surface area contributed by atoms with Crippen molar-refractivity contribution in [3.05, 3.63) is 94.1 Å². The molecule has 4 rings (SSSR count). The summed E-state index contributed by atoms with van der Waals surface area (Å²) in [6, 6.07) is 18.1. The summed E-state index contributed by atoms with van der Waals surface area (Å²) in [7, 11) is -4.07. The monoisotopic (exact) mass is 925 g/mol. The predicted octanol–water partition coefficient (Wildman–Crippen LogP) is 14.8. The molecule has 0 aliphatic heterocycles. The number of carboxylic acids is 1. The SMILES string of the molecule is C=C(C)C(=O)OCCCc1cc(-c2ccc(-c3ccc4c(c3)CC(CCCCC)C4)cc2CC)cc(C=C(C)C(=O)O)c1OCCC(CO[Si](C)(C)C(C)(C)C)CO[Si](C)(C)C(C)(C)C. The minimum atomic E-state index is -2.04. The van der Waals surface area contributed by atoms with E-state index in [-0.39, 0.29) is 28.2 Å². The van der Waals surface area contributed by atoms with Crippen LogP contribution >= 0.6 is 0 Å². The van der Waals surface area contributed by atoms with Crippen LogP contribution in [0.3, 0.4) is 0 Å². The molecule has 0 radical (unpaired) electrons. The molecule has 358 valence electrons. The van der Waals surface area contributed by atoms with E-state index < -0.39 is 28.6 Å². The molecule has 65 heavy (non-hydrogen) atoms. The smallest absolute Gasteiger partial charge is 0.333 e. The van der Waals surface area contributed by atoms with Crippen molar-refractivity contribution in [3.8, 4) is 28.0 Å². The molecule has 1 N–H and O–H groups in total. The van der Waals surface area contributed by atoms with Gasteiger partial charge in [-0.1, -0.05) is 118 Å². The van der Waals surface area contributed by atoms with Gasteiger partial charge in [0.15, 0.2) is 16.6 Å². The fourth-order valence-electron chi connectivity index (χ4n) is 7.93. The highest BCUT2D eigenvalue weighted by atomic mass is 28.4. The van der Waals surface area contributed by atoms with Gasteiger partial charge in [0.1, 0.15) is 5.75 Å². The molecule has 1 atom stereocenters. The molecule has 1 aliphatic carbocycles. The fraction of sp³-hybridized carbons (Fsp3) is 0.571. The zero-order valence-electron chi connectivity index (χ0n) is 42.9. The van der Waals surface area contributed by atoms with Gasteiger partial charge < -0.3 is 23.4 Å². The van der Waals surface area contributed by atoms with E-state index in [9.17, 15) is 14.7 Å².